The van der Waals surface area contributed by atoms with Crippen LogP contribution in [0.2, 0.25) is 0 Å². The Labute approximate surface area is 97.3 Å². The van der Waals surface area contributed by atoms with E-state index in [0.717, 1.165) is 13.6 Å². The molecular formula is C9H5BrINO. The van der Waals surface area contributed by atoms with Crippen LogP contribution in [0.3, 0.4) is 0 Å². The van der Waals surface area contributed by atoms with E-state index in [-0.39, 0.29) is 5.75 Å². The predicted octanol–water partition coefficient (Wildman–Crippen LogP) is 3.31. The summed E-state index contributed by atoms with van der Waals surface area (Å²) in [6.07, 6.45) is 0. The Morgan fingerprint density at radius 2 is 2.00 bits per heavy atom. The number of phenols is 1. The molecule has 0 amide bonds. The number of benzene rings is 1. The van der Waals surface area contributed by atoms with Crippen molar-refractivity contribution in [3.63, 3.8) is 0 Å². The Balaban J connectivity index is 2.92. The van der Waals surface area contributed by atoms with Gasteiger partial charge in [0.2, 0.25) is 0 Å². The maximum atomic E-state index is 9.53. The lowest BCUT2D eigenvalue weighted by molar-refractivity contribution is 0.480. The minimum Gasteiger partial charge on any atom is -0.506 e. The van der Waals surface area contributed by atoms with Crippen LogP contribution in [0.1, 0.15) is 0 Å². The van der Waals surface area contributed by atoms with Crippen molar-refractivity contribution in [3.05, 3.63) is 32.4 Å². The number of fused-ring (bicyclic) bond motifs is 1. The van der Waals surface area contributed by atoms with Crippen LogP contribution in [0.25, 0.3) is 10.9 Å². The molecule has 66 valence electrons. The van der Waals surface area contributed by atoms with E-state index in [9.17, 15) is 5.11 Å². The molecule has 0 aliphatic rings. The van der Waals surface area contributed by atoms with Gasteiger partial charge in [-0.15, -0.1) is 0 Å². The van der Waals surface area contributed by atoms with E-state index < -0.39 is 0 Å². The largest absolute Gasteiger partial charge is 0.506 e. The summed E-state index contributed by atoms with van der Waals surface area (Å²) in [4.78, 5) is 4.24. The van der Waals surface area contributed by atoms with Gasteiger partial charge in [-0.2, -0.15) is 0 Å². The van der Waals surface area contributed by atoms with Crippen molar-refractivity contribution in [2.45, 2.75) is 0 Å². The summed E-state index contributed by atoms with van der Waals surface area (Å²) in [6, 6.07) is 7.29. The minimum absolute atomic E-state index is 0.219. The Bertz CT molecular complexity index is 472. The third-order valence-electron chi connectivity index (χ3n) is 1.75. The maximum absolute atomic E-state index is 9.53. The van der Waals surface area contributed by atoms with Gasteiger partial charge in [-0.3, -0.25) is 0 Å². The van der Waals surface area contributed by atoms with Crippen LogP contribution in [0, 0.1) is 3.70 Å². The molecule has 1 N–H and O–H groups in total. The van der Waals surface area contributed by atoms with Crippen molar-refractivity contribution in [2.24, 2.45) is 0 Å². The van der Waals surface area contributed by atoms with Gasteiger partial charge in [-0.25, -0.2) is 4.98 Å². The molecule has 0 saturated heterocycles. The van der Waals surface area contributed by atoms with Crippen LogP contribution in [0.5, 0.6) is 5.75 Å². The summed E-state index contributed by atoms with van der Waals surface area (Å²) in [5, 5.41) is 10.5. The van der Waals surface area contributed by atoms with E-state index in [1.165, 1.54) is 0 Å². The molecule has 4 heteroatoms. The van der Waals surface area contributed by atoms with Crippen molar-refractivity contribution in [3.8, 4) is 5.75 Å². The second-order valence-corrected chi connectivity index (χ2v) is 4.56. The zero-order valence-corrected chi connectivity index (χ0v) is 10.2. The average Bonchev–Trinajstić information content (AvgIpc) is 2.12. The molecular weight excluding hydrogens is 345 g/mol. The lowest BCUT2D eigenvalue weighted by Gasteiger charge is -2.02. The van der Waals surface area contributed by atoms with Crippen molar-refractivity contribution in [1.29, 1.82) is 0 Å². The molecule has 0 aliphatic heterocycles. The molecule has 0 spiro atoms. The molecule has 1 aromatic carbocycles. The zero-order chi connectivity index (χ0) is 9.42. The summed E-state index contributed by atoms with van der Waals surface area (Å²) in [7, 11) is 0. The summed E-state index contributed by atoms with van der Waals surface area (Å²) in [5.41, 5.74) is 0.640. The van der Waals surface area contributed by atoms with Crippen LogP contribution in [0.15, 0.2) is 28.7 Å². The lowest BCUT2D eigenvalue weighted by atomic mass is 10.2. The molecule has 0 saturated carbocycles. The highest BCUT2D eigenvalue weighted by atomic mass is 127. The first-order chi connectivity index (χ1) is 6.18. The monoisotopic (exact) mass is 349 g/mol. The van der Waals surface area contributed by atoms with Crippen LogP contribution >= 0.6 is 38.5 Å². The van der Waals surface area contributed by atoms with E-state index in [1.807, 2.05) is 18.2 Å². The quantitative estimate of drug-likeness (QED) is 0.584. The molecule has 2 rings (SSSR count). The van der Waals surface area contributed by atoms with Crippen LogP contribution in [-0.2, 0) is 0 Å². The predicted molar refractivity (Wildman–Crippen MR) is 63.8 cm³/mol. The van der Waals surface area contributed by atoms with Gasteiger partial charge in [0, 0.05) is 9.86 Å². The molecule has 0 radical (unpaired) electrons. The van der Waals surface area contributed by atoms with Gasteiger partial charge in [0.15, 0.2) is 0 Å². The highest BCUT2D eigenvalue weighted by Gasteiger charge is 2.04. The second kappa shape index (κ2) is 3.42. The lowest BCUT2D eigenvalue weighted by Crippen LogP contribution is -1.83. The molecule has 0 bridgehead atoms. The minimum atomic E-state index is 0.219. The molecule has 1 aromatic heterocycles. The molecule has 1 heterocycles. The molecule has 0 unspecified atom stereocenters. The Hall–Kier alpha value is -0.360. The number of aromatic hydroxyl groups is 1. The maximum Gasteiger partial charge on any atom is 0.141 e. The van der Waals surface area contributed by atoms with Gasteiger partial charge in [0.1, 0.15) is 15.0 Å². The van der Waals surface area contributed by atoms with Crippen LogP contribution in [-0.4, -0.2) is 10.1 Å². The molecule has 0 aliphatic carbocycles. The van der Waals surface area contributed by atoms with Crippen LogP contribution in [0.4, 0.5) is 0 Å². The second-order valence-electron chi connectivity index (χ2n) is 2.60. The highest BCUT2D eigenvalue weighted by Crippen LogP contribution is 2.29. The van der Waals surface area contributed by atoms with Gasteiger partial charge in [-0.1, -0.05) is 15.9 Å². The number of rotatable bonds is 0. The molecule has 2 aromatic rings. The molecule has 0 atom stereocenters. The Morgan fingerprint density at radius 3 is 2.77 bits per heavy atom. The van der Waals surface area contributed by atoms with Gasteiger partial charge in [-0.05, 0) is 46.9 Å². The third kappa shape index (κ3) is 1.65. The van der Waals surface area contributed by atoms with E-state index in [2.05, 4.69) is 43.5 Å². The fourth-order valence-electron chi connectivity index (χ4n) is 1.14. The zero-order valence-electron chi connectivity index (χ0n) is 6.46. The van der Waals surface area contributed by atoms with Crippen molar-refractivity contribution >= 4 is 49.4 Å². The van der Waals surface area contributed by atoms with E-state index in [0.29, 0.717) is 5.52 Å². The van der Waals surface area contributed by atoms with E-state index in [1.54, 1.807) is 6.07 Å². The van der Waals surface area contributed by atoms with Gasteiger partial charge < -0.3 is 5.11 Å². The number of pyridine rings is 1. The van der Waals surface area contributed by atoms with Gasteiger partial charge in [0.05, 0.1) is 0 Å². The number of nitrogens with zero attached hydrogens (tertiary/aromatic N) is 1. The molecule has 0 fully saturated rings. The fourth-order valence-corrected chi connectivity index (χ4v) is 2.02. The summed E-state index contributed by atoms with van der Waals surface area (Å²) >= 11 is 5.52. The first-order valence-corrected chi connectivity index (χ1v) is 5.49. The topological polar surface area (TPSA) is 33.1 Å². The van der Waals surface area contributed by atoms with E-state index >= 15 is 0 Å². The Kier molecular flexibility index (Phi) is 2.42. The number of hydrogen-bond donors (Lipinski definition) is 1. The average molecular weight is 350 g/mol. The number of hydrogen-bond acceptors (Lipinski definition) is 2. The number of phenolic OH excluding ortho intramolecular Hbond substituents is 1. The SMILES string of the molecule is Oc1ccc(Br)c2ccc(I)nc12. The number of aromatic nitrogens is 1. The summed E-state index contributed by atoms with van der Waals surface area (Å²) < 4.78 is 1.82. The first-order valence-electron chi connectivity index (χ1n) is 3.62. The molecule has 2 nitrogen and oxygen atoms in total. The molecule has 13 heavy (non-hydrogen) atoms. The standard InChI is InChI=1S/C9H5BrINO/c10-6-2-3-7(13)9-5(6)1-4-8(11)12-9/h1-4,13H. The first kappa shape index (κ1) is 9.21. The van der Waals surface area contributed by atoms with E-state index in [4.69, 9.17) is 0 Å². The Morgan fingerprint density at radius 1 is 1.23 bits per heavy atom. The van der Waals surface area contributed by atoms with Gasteiger partial charge >= 0.3 is 0 Å². The fraction of sp³-hybridized carbons (Fsp3) is 0. The van der Waals surface area contributed by atoms with Gasteiger partial charge in [0.25, 0.3) is 0 Å². The third-order valence-corrected chi connectivity index (χ3v) is 3.04. The van der Waals surface area contributed by atoms with Crippen LogP contribution < -0.4 is 0 Å². The smallest absolute Gasteiger partial charge is 0.141 e. The van der Waals surface area contributed by atoms with Crippen molar-refractivity contribution < 1.29 is 5.11 Å². The summed E-state index contributed by atoms with van der Waals surface area (Å²) in [5.74, 6) is 0.219. The summed E-state index contributed by atoms with van der Waals surface area (Å²) in [6.45, 7) is 0. The number of halogens is 2. The normalized spacial score (nSPS) is 10.6. The van der Waals surface area contributed by atoms with Crippen molar-refractivity contribution in [2.75, 3.05) is 0 Å². The highest BCUT2D eigenvalue weighted by molar-refractivity contribution is 14.1. The van der Waals surface area contributed by atoms with Crippen molar-refractivity contribution in [1.82, 2.24) is 4.98 Å².